The van der Waals surface area contributed by atoms with Gasteiger partial charge in [0, 0.05) is 24.5 Å². The Hall–Kier alpha value is -2.93. The van der Waals surface area contributed by atoms with E-state index in [0.717, 1.165) is 29.0 Å². The van der Waals surface area contributed by atoms with Gasteiger partial charge in [0.15, 0.2) is 0 Å². The third kappa shape index (κ3) is 3.45. The maximum absolute atomic E-state index is 12.4. The number of hydrogen-bond donors (Lipinski definition) is 0. The van der Waals surface area contributed by atoms with E-state index >= 15 is 0 Å². The Balaban J connectivity index is 1.77. The van der Waals surface area contributed by atoms with Gasteiger partial charge in [-0.25, -0.2) is 9.98 Å². The molecular formula is C20H17ClF2N4O. The minimum Gasteiger partial charge on any atom is -0.435 e. The Morgan fingerprint density at radius 3 is 2.61 bits per heavy atom. The molecule has 0 aliphatic carbocycles. The molecule has 1 aliphatic rings. The van der Waals surface area contributed by atoms with Crippen molar-refractivity contribution in [3.05, 3.63) is 65.6 Å². The summed E-state index contributed by atoms with van der Waals surface area (Å²) in [5.41, 5.74) is 2.58. The lowest BCUT2D eigenvalue weighted by atomic mass is 10.2. The highest BCUT2D eigenvalue weighted by atomic mass is 35.5. The molecular weight excluding hydrogens is 386 g/mol. The number of nitrogens with zero attached hydrogens (tertiary/aromatic N) is 4. The van der Waals surface area contributed by atoms with Gasteiger partial charge in [0.2, 0.25) is 6.29 Å². The van der Waals surface area contributed by atoms with E-state index in [2.05, 4.69) is 14.3 Å². The second-order valence-electron chi connectivity index (χ2n) is 6.16. The first-order chi connectivity index (χ1) is 13.6. The van der Waals surface area contributed by atoms with Gasteiger partial charge in [-0.15, -0.1) is 0 Å². The number of hydrogen-bond acceptors (Lipinski definition) is 4. The lowest BCUT2D eigenvalue weighted by Crippen LogP contribution is -2.30. The quantitative estimate of drug-likeness (QED) is 0.579. The van der Waals surface area contributed by atoms with Gasteiger partial charge in [0.25, 0.3) is 0 Å². The van der Waals surface area contributed by atoms with Crippen LogP contribution in [0.3, 0.4) is 0 Å². The van der Waals surface area contributed by atoms with Crippen molar-refractivity contribution in [2.24, 2.45) is 4.99 Å². The average molecular weight is 403 g/mol. The fourth-order valence-corrected chi connectivity index (χ4v) is 3.40. The summed E-state index contributed by atoms with van der Waals surface area (Å²) in [6.45, 7) is -0.828. The summed E-state index contributed by atoms with van der Waals surface area (Å²) in [5, 5.41) is 0.464. The molecule has 1 aromatic heterocycles. The first-order valence-electron chi connectivity index (χ1n) is 8.76. The van der Waals surface area contributed by atoms with E-state index in [-0.39, 0.29) is 5.75 Å². The highest BCUT2D eigenvalue weighted by molar-refractivity contribution is 6.39. The number of aryl methyl sites for hydroxylation is 1. The number of imidazole rings is 1. The van der Waals surface area contributed by atoms with E-state index in [4.69, 9.17) is 16.6 Å². The van der Waals surface area contributed by atoms with Crippen LogP contribution in [0.2, 0.25) is 0 Å². The average Bonchev–Trinajstić information content (AvgIpc) is 3.07. The molecule has 0 bridgehead atoms. The van der Waals surface area contributed by atoms with Gasteiger partial charge in [-0.1, -0.05) is 30.7 Å². The lowest BCUT2D eigenvalue weighted by Gasteiger charge is -2.32. The number of allylic oxidation sites excluding steroid dienone is 1. The Kier molecular flexibility index (Phi) is 5.00. The van der Waals surface area contributed by atoms with E-state index in [1.165, 1.54) is 12.1 Å². The highest BCUT2D eigenvalue weighted by Crippen LogP contribution is 2.33. The minimum absolute atomic E-state index is 0.0909. The summed E-state index contributed by atoms with van der Waals surface area (Å²) in [5.74, 6) is 0.977. The molecule has 3 aromatic rings. The Morgan fingerprint density at radius 2 is 1.89 bits per heavy atom. The number of para-hydroxylation sites is 2. The molecule has 1 atom stereocenters. The Morgan fingerprint density at radius 1 is 1.14 bits per heavy atom. The molecule has 0 spiro atoms. The van der Waals surface area contributed by atoms with E-state index in [1.807, 2.05) is 36.1 Å². The van der Waals surface area contributed by atoms with Crippen LogP contribution in [0.5, 0.6) is 5.75 Å². The fourth-order valence-electron chi connectivity index (χ4n) is 3.24. The summed E-state index contributed by atoms with van der Waals surface area (Å²) < 4.78 is 31.3. The van der Waals surface area contributed by atoms with Crippen LogP contribution in [-0.4, -0.2) is 22.4 Å². The number of fused-ring (bicyclic) bond motifs is 1. The van der Waals surface area contributed by atoms with E-state index in [0.29, 0.717) is 5.03 Å². The van der Waals surface area contributed by atoms with Crippen molar-refractivity contribution in [3.8, 4) is 5.75 Å². The zero-order chi connectivity index (χ0) is 19.7. The molecule has 0 saturated carbocycles. The Labute approximate surface area is 165 Å². The first-order valence-corrected chi connectivity index (χ1v) is 9.14. The van der Waals surface area contributed by atoms with Crippen molar-refractivity contribution < 1.29 is 13.5 Å². The molecule has 0 N–H and O–H groups in total. The number of anilines is 1. The molecule has 144 valence electrons. The molecule has 8 heteroatoms. The summed E-state index contributed by atoms with van der Waals surface area (Å²) in [6.07, 6.45) is 3.65. The molecule has 5 nitrogen and oxygen atoms in total. The van der Waals surface area contributed by atoms with Gasteiger partial charge in [-0.05, 0) is 36.4 Å². The minimum atomic E-state index is -2.86. The van der Waals surface area contributed by atoms with Crippen molar-refractivity contribution in [1.29, 1.82) is 0 Å². The van der Waals surface area contributed by atoms with Crippen molar-refractivity contribution in [2.75, 3.05) is 4.90 Å². The van der Waals surface area contributed by atoms with E-state index in [9.17, 15) is 8.78 Å². The van der Waals surface area contributed by atoms with Gasteiger partial charge in [-0.2, -0.15) is 8.78 Å². The van der Waals surface area contributed by atoms with Crippen LogP contribution in [0.25, 0.3) is 11.0 Å². The van der Waals surface area contributed by atoms with Crippen molar-refractivity contribution >= 4 is 34.5 Å². The van der Waals surface area contributed by atoms with Crippen LogP contribution < -0.4 is 9.64 Å². The molecule has 2 aromatic carbocycles. The number of benzene rings is 2. The summed E-state index contributed by atoms with van der Waals surface area (Å²) in [7, 11) is 0. The van der Waals surface area contributed by atoms with Crippen LogP contribution >= 0.6 is 11.6 Å². The summed E-state index contributed by atoms with van der Waals surface area (Å²) in [4.78, 5) is 11.2. The monoisotopic (exact) mass is 402 g/mol. The molecule has 0 saturated heterocycles. The molecule has 4 rings (SSSR count). The lowest BCUT2D eigenvalue weighted by molar-refractivity contribution is -0.0498. The number of halogens is 3. The van der Waals surface area contributed by atoms with Crippen LogP contribution in [0.4, 0.5) is 14.5 Å². The predicted octanol–water partition coefficient (Wildman–Crippen LogP) is 5.33. The zero-order valence-electron chi connectivity index (χ0n) is 15.0. The van der Waals surface area contributed by atoms with Gasteiger partial charge < -0.3 is 9.64 Å². The van der Waals surface area contributed by atoms with Gasteiger partial charge >= 0.3 is 6.61 Å². The van der Waals surface area contributed by atoms with Gasteiger partial charge in [-0.3, -0.25) is 4.57 Å². The topological polar surface area (TPSA) is 42.7 Å². The Bertz CT molecular complexity index is 1050. The van der Waals surface area contributed by atoms with E-state index < -0.39 is 12.9 Å². The van der Waals surface area contributed by atoms with Crippen LogP contribution in [0, 0.1) is 0 Å². The molecule has 28 heavy (non-hydrogen) atoms. The predicted molar refractivity (Wildman–Crippen MR) is 106 cm³/mol. The van der Waals surface area contributed by atoms with Gasteiger partial charge in [0.05, 0.1) is 16.1 Å². The third-order valence-corrected chi connectivity index (χ3v) is 4.61. The normalized spacial score (nSPS) is 16.7. The second-order valence-corrected chi connectivity index (χ2v) is 6.59. The van der Waals surface area contributed by atoms with Crippen LogP contribution in [0.15, 0.2) is 64.8 Å². The van der Waals surface area contributed by atoms with E-state index in [1.54, 1.807) is 24.5 Å². The van der Waals surface area contributed by atoms with Gasteiger partial charge in [0.1, 0.15) is 11.6 Å². The maximum Gasteiger partial charge on any atom is 0.387 e. The molecule has 2 heterocycles. The number of aromatic nitrogens is 2. The second kappa shape index (κ2) is 7.59. The molecule has 0 radical (unpaired) electrons. The SMILES string of the molecule is CCc1nc2ccccc2n1C1N=CC(Cl)=CN1c1ccc(OC(F)F)cc1. The van der Waals surface area contributed by atoms with Crippen molar-refractivity contribution in [2.45, 2.75) is 26.2 Å². The standard InChI is InChI=1S/C20H17ClF2N4O/c1-2-18-25-16-5-3-4-6-17(16)27(18)20-24-11-13(21)12-26(20)14-7-9-15(10-8-14)28-19(22)23/h3-12,19-20H,2H2,1H3. The first kappa shape index (κ1) is 18.4. The van der Waals surface area contributed by atoms with Crippen molar-refractivity contribution in [3.63, 3.8) is 0 Å². The third-order valence-electron chi connectivity index (χ3n) is 4.42. The molecule has 1 aliphatic heterocycles. The van der Waals surface area contributed by atoms with Crippen LogP contribution in [-0.2, 0) is 6.42 Å². The number of aliphatic imine (C=N–C) groups is 1. The van der Waals surface area contributed by atoms with Crippen LogP contribution in [0.1, 0.15) is 19.0 Å². The largest absolute Gasteiger partial charge is 0.435 e. The highest BCUT2D eigenvalue weighted by Gasteiger charge is 2.25. The summed E-state index contributed by atoms with van der Waals surface area (Å²) in [6, 6.07) is 14.2. The smallest absolute Gasteiger partial charge is 0.387 e. The number of rotatable bonds is 5. The van der Waals surface area contributed by atoms with Crippen molar-refractivity contribution in [1.82, 2.24) is 9.55 Å². The zero-order valence-corrected chi connectivity index (χ0v) is 15.7. The number of alkyl halides is 2. The molecule has 0 fully saturated rings. The maximum atomic E-state index is 12.4. The molecule has 1 unspecified atom stereocenters. The molecule has 0 amide bonds. The number of ether oxygens (including phenoxy) is 1. The summed E-state index contributed by atoms with van der Waals surface area (Å²) >= 11 is 6.20. The fraction of sp³-hybridized carbons (Fsp3) is 0.200.